The summed E-state index contributed by atoms with van der Waals surface area (Å²) in [7, 11) is 0. The lowest BCUT2D eigenvalue weighted by Gasteiger charge is -2.13. The highest BCUT2D eigenvalue weighted by Gasteiger charge is 2.11. The Kier molecular flexibility index (Phi) is 3.92. The van der Waals surface area contributed by atoms with Gasteiger partial charge in [0.2, 0.25) is 0 Å². The molecule has 2 aromatic rings. The van der Waals surface area contributed by atoms with Gasteiger partial charge in [-0.1, -0.05) is 25.1 Å². The molecular formula is C15H19N3. The summed E-state index contributed by atoms with van der Waals surface area (Å²) in [6.45, 7) is 7.28. The molecule has 0 bridgehead atoms. The summed E-state index contributed by atoms with van der Waals surface area (Å²) in [4.78, 5) is 8.90. The van der Waals surface area contributed by atoms with Crippen LogP contribution >= 0.6 is 0 Å². The molecule has 0 aliphatic heterocycles. The van der Waals surface area contributed by atoms with Gasteiger partial charge in [-0.25, -0.2) is 4.98 Å². The van der Waals surface area contributed by atoms with E-state index in [1.807, 2.05) is 0 Å². The highest BCUT2D eigenvalue weighted by molar-refractivity contribution is 5.76. The van der Waals surface area contributed by atoms with Crippen molar-refractivity contribution in [1.29, 1.82) is 0 Å². The van der Waals surface area contributed by atoms with Gasteiger partial charge in [0, 0.05) is 24.5 Å². The maximum Gasteiger partial charge on any atom is 0.152 e. The number of benzene rings is 1. The first kappa shape index (κ1) is 12.6. The van der Waals surface area contributed by atoms with E-state index in [9.17, 15) is 0 Å². The van der Waals surface area contributed by atoms with E-state index < -0.39 is 0 Å². The van der Waals surface area contributed by atoms with Crippen LogP contribution in [0.4, 0.5) is 5.82 Å². The minimum absolute atomic E-state index is 0.872. The first-order valence-electron chi connectivity index (χ1n) is 6.35. The van der Waals surface area contributed by atoms with Crippen LogP contribution in [-0.2, 0) is 0 Å². The molecule has 0 unspecified atom stereocenters. The van der Waals surface area contributed by atoms with Crippen molar-refractivity contribution in [3.8, 4) is 11.3 Å². The summed E-state index contributed by atoms with van der Waals surface area (Å²) in [6.07, 6.45) is 4.55. The molecule has 1 N–H and O–H groups in total. The first-order valence-corrected chi connectivity index (χ1v) is 6.35. The van der Waals surface area contributed by atoms with Gasteiger partial charge in [-0.15, -0.1) is 0 Å². The van der Waals surface area contributed by atoms with Crippen molar-refractivity contribution < 1.29 is 0 Å². The van der Waals surface area contributed by atoms with Crippen molar-refractivity contribution in [1.82, 2.24) is 9.97 Å². The zero-order chi connectivity index (χ0) is 13.0. The molecule has 0 radical (unpaired) electrons. The van der Waals surface area contributed by atoms with E-state index in [0.717, 1.165) is 24.5 Å². The molecule has 0 saturated heterocycles. The largest absolute Gasteiger partial charge is 0.368 e. The summed E-state index contributed by atoms with van der Waals surface area (Å²) in [5.41, 5.74) is 4.59. The molecule has 1 aromatic heterocycles. The van der Waals surface area contributed by atoms with E-state index in [4.69, 9.17) is 0 Å². The Hall–Kier alpha value is -1.90. The monoisotopic (exact) mass is 241 g/mol. The fraction of sp³-hybridized carbons (Fsp3) is 0.333. The number of aromatic nitrogens is 2. The maximum absolute atomic E-state index is 4.50. The molecule has 0 aliphatic rings. The average molecular weight is 241 g/mol. The number of hydrogen-bond acceptors (Lipinski definition) is 3. The molecule has 1 heterocycles. The maximum atomic E-state index is 4.50. The van der Waals surface area contributed by atoms with Crippen molar-refractivity contribution in [2.45, 2.75) is 27.2 Å². The smallest absolute Gasteiger partial charge is 0.152 e. The second-order valence-electron chi connectivity index (χ2n) is 4.45. The van der Waals surface area contributed by atoms with Gasteiger partial charge in [0.15, 0.2) is 5.82 Å². The molecule has 3 heteroatoms. The molecule has 3 nitrogen and oxygen atoms in total. The molecule has 0 saturated carbocycles. The van der Waals surface area contributed by atoms with E-state index in [2.05, 4.69) is 54.3 Å². The minimum Gasteiger partial charge on any atom is -0.368 e. The molecule has 2 rings (SSSR count). The summed E-state index contributed by atoms with van der Waals surface area (Å²) in [5, 5.41) is 3.34. The van der Waals surface area contributed by atoms with Gasteiger partial charge in [-0.3, -0.25) is 4.98 Å². The van der Waals surface area contributed by atoms with Gasteiger partial charge in [-0.05, 0) is 31.4 Å². The lowest BCUT2D eigenvalue weighted by atomic mass is 10.00. The molecule has 1 aromatic carbocycles. The van der Waals surface area contributed by atoms with E-state index in [1.54, 1.807) is 12.4 Å². The highest BCUT2D eigenvalue weighted by atomic mass is 15.0. The number of aryl methyl sites for hydroxylation is 2. The Morgan fingerprint density at radius 3 is 2.39 bits per heavy atom. The lowest BCUT2D eigenvalue weighted by Crippen LogP contribution is -2.05. The van der Waals surface area contributed by atoms with Crippen molar-refractivity contribution >= 4 is 5.82 Å². The Bertz CT molecular complexity index is 515. The highest BCUT2D eigenvalue weighted by Crippen LogP contribution is 2.29. The number of anilines is 1. The van der Waals surface area contributed by atoms with Gasteiger partial charge in [0.25, 0.3) is 0 Å². The predicted octanol–water partition coefficient (Wildman–Crippen LogP) is 3.58. The minimum atomic E-state index is 0.872. The van der Waals surface area contributed by atoms with Crippen LogP contribution in [0.2, 0.25) is 0 Å². The topological polar surface area (TPSA) is 37.8 Å². The second-order valence-corrected chi connectivity index (χ2v) is 4.45. The van der Waals surface area contributed by atoms with Crippen molar-refractivity contribution in [3.05, 3.63) is 41.7 Å². The van der Waals surface area contributed by atoms with E-state index >= 15 is 0 Å². The summed E-state index contributed by atoms with van der Waals surface area (Å²) in [5.74, 6) is 0.872. The van der Waals surface area contributed by atoms with Crippen LogP contribution in [0.1, 0.15) is 24.5 Å². The Morgan fingerprint density at radius 1 is 1.06 bits per heavy atom. The van der Waals surface area contributed by atoms with Gasteiger partial charge in [0.1, 0.15) is 5.69 Å². The van der Waals surface area contributed by atoms with Gasteiger partial charge >= 0.3 is 0 Å². The molecule has 0 aliphatic carbocycles. The van der Waals surface area contributed by atoms with Crippen LogP contribution in [-0.4, -0.2) is 16.5 Å². The zero-order valence-corrected chi connectivity index (χ0v) is 11.2. The van der Waals surface area contributed by atoms with Crippen molar-refractivity contribution in [2.75, 3.05) is 11.9 Å². The fourth-order valence-electron chi connectivity index (χ4n) is 2.08. The summed E-state index contributed by atoms with van der Waals surface area (Å²) < 4.78 is 0. The Labute approximate surface area is 108 Å². The molecule has 94 valence electrons. The first-order chi connectivity index (χ1) is 8.74. The van der Waals surface area contributed by atoms with E-state index in [1.165, 1.54) is 16.7 Å². The number of rotatable bonds is 4. The SMILES string of the molecule is CCCNc1nccnc1-c1c(C)cccc1C. The summed E-state index contributed by atoms with van der Waals surface area (Å²) >= 11 is 0. The van der Waals surface area contributed by atoms with Crippen LogP contribution < -0.4 is 5.32 Å². The quantitative estimate of drug-likeness (QED) is 0.889. The molecule has 0 atom stereocenters. The van der Waals surface area contributed by atoms with Crippen LogP contribution in [0.15, 0.2) is 30.6 Å². The van der Waals surface area contributed by atoms with Gasteiger partial charge in [-0.2, -0.15) is 0 Å². The van der Waals surface area contributed by atoms with Crippen molar-refractivity contribution in [2.24, 2.45) is 0 Å². The predicted molar refractivity (Wildman–Crippen MR) is 75.7 cm³/mol. The number of nitrogens with zero attached hydrogens (tertiary/aromatic N) is 2. The van der Waals surface area contributed by atoms with Crippen LogP contribution in [0, 0.1) is 13.8 Å². The lowest BCUT2D eigenvalue weighted by molar-refractivity contribution is 0.965. The van der Waals surface area contributed by atoms with Crippen LogP contribution in [0.3, 0.4) is 0 Å². The third-order valence-electron chi connectivity index (χ3n) is 2.96. The zero-order valence-electron chi connectivity index (χ0n) is 11.2. The number of nitrogens with one attached hydrogen (secondary N) is 1. The van der Waals surface area contributed by atoms with Crippen LogP contribution in [0.5, 0.6) is 0 Å². The van der Waals surface area contributed by atoms with Gasteiger partial charge < -0.3 is 5.32 Å². The van der Waals surface area contributed by atoms with E-state index in [-0.39, 0.29) is 0 Å². The normalized spacial score (nSPS) is 10.4. The van der Waals surface area contributed by atoms with Crippen LogP contribution in [0.25, 0.3) is 11.3 Å². The molecule has 0 spiro atoms. The Balaban J connectivity index is 2.50. The summed E-state index contributed by atoms with van der Waals surface area (Å²) in [6, 6.07) is 6.30. The molecule has 18 heavy (non-hydrogen) atoms. The Morgan fingerprint density at radius 2 is 1.72 bits per heavy atom. The molecular weight excluding hydrogens is 222 g/mol. The third-order valence-corrected chi connectivity index (χ3v) is 2.96. The average Bonchev–Trinajstić information content (AvgIpc) is 2.37. The number of hydrogen-bond donors (Lipinski definition) is 1. The van der Waals surface area contributed by atoms with Crippen molar-refractivity contribution in [3.63, 3.8) is 0 Å². The second kappa shape index (κ2) is 5.63. The van der Waals surface area contributed by atoms with Gasteiger partial charge in [0.05, 0.1) is 0 Å². The standard InChI is InChI=1S/C15H19N3/c1-4-8-17-15-14(16-9-10-18-15)13-11(2)6-5-7-12(13)3/h5-7,9-10H,4,8H2,1-3H3,(H,17,18). The fourth-order valence-corrected chi connectivity index (χ4v) is 2.08. The molecule has 0 amide bonds. The third kappa shape index (κ3) is 2.50. The molecule has 0 fully saturated rings. The van der Waals surface area contributed by atoms with E-state index in [0.29, 0.717) is 0 Å².